The van der Waals surface area contributed by atoms with Gasteiger partial charge in [-0.15, -0.1) is 0 Å². The van der Waals surface area contributed by atoms with E-state index in [1.54, 1.807) is 12.4 Å². The summed E-state index contributed by atoms with van der Waals surface area (Å²) in [7, 11) is 4.07. The summed E-state index contributed by atoms with van der Waals surface area (Å²) in [6, 6.07) is 0. The fraction of sp³-hybridized carbons (Fsp3) is 0.727. The molecule has 0 aromatic carbocycles. The van der Waals surface area contributed by atoms with Crippen LogP contribution in [0.2, 0.25) is 0 Å². The summed E-state index contributed by atoms with van der Waals surface area (Å²) in [6.45, 7) is 2.30. The number of nitrogens with zero attached hydrogens (tertiary/aromatic N) is 3. The summed E-state index contributed by atoms with van der Waals surface area (Å²) < 4.78 is 25.4. The Kier molecular flexibility index (Phi) is 6.07. The molecule has 0 radical (unpaired) electrons. The van der Waals surface area contributed by atoms with E-state index in [-0.39, 0.29) is 6.54 Å². The Labute approximate surface area is 101 Å². The van der Waals surface area contributed by atoms with Crippen molar-refractivity contribution in [3.63, 3.8) is 0 Å². The first kappa shape index (κ1) is 14.1. The van der Waals surface area contributed by atoms with Crippen LogP contribution in [-0.4, -0.2) is 48.3 Å². The van der Waals surface area contributed by atoms with E-state index in [1.165, 1.54) is 4.68 Å². The molecule has 1 rings (SSSR count). The quantitative estimate of drug-likeness (QED) is 0.699. The highest BCUT2D eigenvalue weighted by atomic mass is 19.3. The lowest BCUT2D eigenvalue weighted by atomic mass is 10.3. The van der Waals surface area contributed by atoms with Crippen molar-refractivity contribution in [3.8, 4) is 0 Å². The monoisotopic (exact) mass is 246 g/mol. The minimum atomic E-state index is -2.35. The van der Waals surface area contributed by atoms with E-state index in [0.717, 1.165) is 25.1 Å². The van der Waals surface area contributed by atoms with Crippen LogP contribution in [0.25, 0.3) is 0 Å². The van der Waals surface area contributed by atoms with E-state index in [2.05, 4.69) is 15.3 Å². The minimum Gasteiger partial charge on any atom is -0.313 e. The van der Waals surface area contributed by atoms with Gasteiger partial charge in [0.1, 0.15) is 6.54 Å². The van der Waals surface area contributed by atoms with E-state index in [0.29, 0.717) is 6.54 Å². The third kappa shape index (κ3) is 6.33. The van der Waals surface area contributed by atoms with Gasteiger partial charge in [-0.2, -0.15) is 5.10 Å². The zero-order valence-corrected chi connectivity index (χ0v) is 10.4. The Hall–Kier alpha value is -1.01. The van der Waals surface area contributed by atoms with Crippen LogP contribution < -0.4 is 5.32 Å². The summed E-state index contributed by atoms with van der Waals surface area (Å²) in [4.78, 5) is 2.13. The second-order valence-corrected chi connectivity index (χ2v) is 4.30. The van der Waals surface area contributed by atoms with Gasteiger partial charge in [0, 0.05) is 18.3 Å². The highest BCUT2D eigenvalue weighted by Crippen LogP contribution is 2.01. The molecular formula is C11H20F2N4. The van der Waals surface area contributed by atoms with Crippen molar-refractivity contribution in [3.05, 3.63) is 18.0 Å². The second-order valence-electron chi connectivity index (χ2n) is 4.30. The summed E-state index contributed by atoms with van der Waals surface area (Å²) in [5.41, 5.74) is 0.940. The predicted octanol–water partition coefficient (Wildman–Crippen LogP) is 1.19. The van der Waals surface area contributed by atoms with Crippen molar-refractivity contribution in [2.24, 2.45) is 0 Å². The van der Waals surface area contributed by atoms with E-state index in [1.807, 2.05) is 14.1 Å². The van der Waals surface area contributed by atoms with Crippen molar-refractivity contribution in [1.29, 1.82) is 0 Å². The van der Waals surface area contributed by atoms with Crippen LogP contribution in [0.15, 0.2) is 12.4 Å². The molecule has 0 aliphatic rings. The molecule has 0 bridgehead atoms. The molecule has 1 aromatic rings. The normalized spacial score (nSPS) is 11.6. The van der Waals surface area contributed by atoms with Gasteiger partial charge in [-0.3, -0.25) is 4.68 Å². The number of hydrogen-bond acceptors (Lipinski definition) is 3. The average molecular weight is 246 g/mol. The highest BCUT2D eigenvalue weighted by molar-refractivity contribution is 5.03. The van der Waals surface area contributed by atoms with Crippen molar-refractivity contribution in [2.45, 2.75) is 25.9 Å². The molecule has 0 spiro atoms. The molecule has 0 amide bonds. The Bertz CT molecular complexity index is 312. The van der Waals surface area contributed by atoms with Gasteiger partial charge in [-0.05, 0) is 33.6 Å². The minimum absolute atomic E-state index is 0.333. The maximum atomic E-state index is 12.1. The van der Waals surface area contributed by atoms with Gasteiger partial charge >= 0.3 is 0 Å². The number of aromatic nitrogens is 2. The fourth-order valence-electron chi connectivity index (χ4n) is 1.49. The first-order chi connectivity index (χ1) is 8.08. The van der Waals surface area contributed by atoms with Crippen LogP contribution in [0, 0.1) is 0 Å². The molecule has 0 fully saturated rings. The zero-order chi connectivity index (χ0) is 12.7. The molecule has 6 heteroatoms. The van der Waals surface area contributed by atoms with Crippen LogP contribution in [0.3, 0.4) is 0 Å². The van der Waals surface area contributed by atoms with E-state index >= 15 is 0 Å². The van der Waals surface area contributed by atoms with Crippen molar-refractivity contribution < 1.29 is 8.78 Å². The Morgan fingerprint density at radius 3 is 2.88 bits per heavy atom. The van der Waals surface area contributed by atoms with E-state index in [9.17, 15) is 8.78 Å². The molecule has 1 aromatic heterocycles. The zero-order valence-electron chi connectivity index (χ0n) is 10.4. The fourth-order valence-corrected chi connectivity index (χ4v) is 1.49. The SMILES string of the molecule is CN(C)CCCNCc1cnn(CC(F)F)c1. The summed E-state index contributed by atoms with van der Waals surface area (Å²) in [6.07, 6.45) is 2.00. The van der Waals surface area contributed by atoms with Gasteiger partial charge in [0.05, 0.1) is 6.20 Å². The molecule has 98 valence electrons. The second kappa shape index (κ2) is 7.34. The number of nitrogens with one attached hydrogen (secondary N) is 1. The van der Waals surface area contributed by atoms with Crippen molar-refractivity contribution >= 4 is 0 Å². The first-order valence-electron chi connectivity index (χ1n) is 5.73. The van der Waals surface area contributed by atoms with Gasteiger partial charge in [0.2, 0.25) is 0 Å². The van der Waals surface area contributed by atoms with E-state index in [4.69, 9.17) is 0 Å². The molecule has 1 heterocycles. The maximum absolute atomic E-state index is 12.1. The molecule has 0 unspecified atom stereocenters. The molecule has 4 nitrogen and oxygen atoms in total. The number of hydrogen-bond donors (Lipinski definition) is 1. The van der Waals surface area contributed by atoms with E-state index < -0.39 is 6.43 Å². The predicted molar refractivity (Wildman–Crippen MR) is 63.1 cm³/mol. The molecule has 0 saturated carbocycles. The third-order valence-corrected chi connectivity index (χ3v) is 2.30. The lowest BCUT2D eigenvalue weighted by molar-refractivity contribution is 0.122. The van der Waals surface area contributed by atoms with Crippen LogP contribution in [0.1, 0.15) is 12.0 Å². The molecule has 0 saturated heterocycles. The van der Waals surface area contributed by atoms with Gasteiger partial charge in [-0.1, -0.05) is 0 Å². The van der Waals surface area contributed by atoms with Crippen molar-refractivity contribution in [1.82, 2.24) is 20.0 Å². The molecule has 0 aliphatic heterocycles. The standard InChI is InChI=1S/C11H20F2N4/c1-16(2)5-3-4-14-6-10-7-15-17(8-10)9-11(12)13/h7-8,11,14H,3-6,9H2,1-2H3. The van der Waals surface area contributed by atoms with Gasteiger partial charge < -0.3 is 10.2 Å². The molecular weight excluding hydrogens is 226 g/mol. The highest BCUT2D eigenvalue weighted by Gasteiger charge is 2.05. The summed E-state index contributed by atoms with van der Waals surface area (Å²) >= 11 is 0. The van der Waals surface area contributed by atoms with Crippen LogP contribution in [0.5, 0.6) is 0 Å². The Morgan fingerprint density at radius 1 is 1.47 bits per heavy atom. The van der Waals surface area contributed by atoms with Crippen LogP contribution in [0.4, 0.5) is 8.78 Å². The average Bonchev–Trinajstić information content (AvgIpc) is 2.63. The molecule has 17 heavy (non-hydrogen) atoms. The van der Waals surface area contributed by atoms with Gasteiger partial charge in [0.15, 0.2) is 0 Å². The lowest BCUT2D eigenvalue weighted by Gasteiger charge is -2.09. The summed E-state index contributed by atoms with van der Waals surface area (Å²) in [5.74, 6) is 0. The molecule has 1 N–H and O–H groups in total. The number of halogens is 2. The van der Waals surface area contributed by atoms with Crippen LogP contribution in [-0.2, 0) is 13.1 Å². The largest absolute Gasteiger partial charge is 0.313 e. The van der Waals surface area contributed by atoms with Crippen molar-refractivity contribution in [2.75, 3.05) is 27.2 Å². The topological polar surface area (TPSA) is 33.1 Å². The van der Waals surface area contributed by atoms with Gasteiger partial charge in [0.25, 0.3) is 6.43 Å². The molecule has 0 atom stereocenters. The first-order valence-corrected chi connectivity index (χ1v) is 5.73. The number of alkyl halides is 2. The molecule has 0 aliphatic carbocycles. The van der Waals surface area contributed by atoms with Crippen LogP contribution >= 0.6 is 0 Å². The Balaban J connectivity index is 2.16. The Morgan fingerprint density at radius 2 is 2.24 bits per heavy atom. The number of rotatable bonds is 8. The van der Waals surface area contributed by atoms with Gasteiger partial charge in [-0.25, -0.2) is 8.78 Å². The maximum Gasteiger partial charge on any atom is 0.257 e. The third-order valence-electron chi connectivity index (χ3n) is 2.30. The smallest absolute Gasteiger partial charge is 0.257 e. The lowest BCUT2D eigenvalue weighted by Crippen LogP contribution is -2.20. The summed E-state index contributed by atoms with van der Waals surface area (Å²) in [5, 5.41) is 7.13.